The third kappa shape index (κ3) is 9.50. The minimum Gasteiger partial charge on any atom is -0.379 e. The average Bonchev–Trinajstić information content (AvgIpc) is 3.07. The Kier molecular flexibility index (Phi) is 12.2. The number of ether oxygens (including phenoxy) is 2. The molecule has 150 valence electrons. The summed E-state index contributed by atoms with van der Waals surface area (Å²) in [6, 6.07) is 8.36. The van der Waals surface area contributed by atoms with Crippen LogP contribution in [-0.2, 0) is 29.2 Å². The molecule has 2 N–H and O–H groups in total. The number of rotatable bonds is 10. The Balaban J connectivity index is 0.00000364. The maximum absolute atomic E-state index is 5.63. The molecule has 0 saturated carbocycles. The number of aryl methyl sites for hydroxylation is 1. The van der Waals surface area contributed by atoms with Crippen LogP contribution in [0.4, 0.5) is 0 Å². The van der Waals surface area contributed by atoms with Crippen molar-refractivity contribution in [3.63, 3.8) is 0 Å². The summed E-state index contributed by atoms with van der Waals surface area (Å²) >= 11 is 1.69. The molecule has 1 heterocycles. The molecule has 0 spiro atoms. The lowest BCUT2D eigenvalue weighted by Crippen LogP contribution is -2.36. The molecule has 0 aliphatic rings. The van der Waals surface area contributed by atoms with Crippen molar-refractivity contribution in [1.29, 1.82) is 0 Å². The lowest BCUT2D eigenvalue weighted by molar-refractivity contribution is 0.0453. The van der Waals surface area contributed by atoms with Crippen molar-refractivity contribution in [1.82, 2.24) is 15.6 Å². The molecule has 0 fully saturated rings. The highest BCUT2D eigenvalue weighted by atomic mass is 127. The van der Waals surface area contributed by atoms with Crippen molar-refractivity contribution in [3.05, 3.63) is 51.5 Å². The van der Waals surface area contributed by atoms with Crippen LogP contribution in [0.5, 0.6) is 0 Å². The van der Waals surface area contributed by atoms with Crippen LogP contribution in [0.3, 0.4) is 0 Å². The third-order valence-corrected chi connectivity index (χ3v) is 4.51. The number of nitrogens with one attached hydrogen (secondary N) is 2. The molecule has 6 nitrogen and oxygen atoms in total. The Hall–Kier alpha value is -1.23. The topological polar surface area (TPSA) is 67.8 Å². The molecule has 0 bridgehead atoms. The molecule has 27 heavy (non-hydrogen) atoms. The Bertz CT molecular complexity index is 694. The van der Waals surface area contributed by atoms with E-state index in [1.54, 1.807) is 18.4 Å². The van der Waals surface area contributed by atoms with Gasteiger partial charge in [0.1, 0.15) is 5.01 Å². The van der Waals surface area contributed by atoms with Crippen molar-refractivity contribution in [3.8, 4) is 0 Å². The van der Waals surface area contributed by atoms with Gasteiger partial charge >= 0.3 is 0 Å². The highest BCUT2D eigenvalue weighted by Crippen LogP contribution is 2.10. The summed E-state index contributed by atoms with van der Waals surface area (Å²) in [5.74, 6) is 0.760. The molecule has 0 aliphatic carbocycles. The number of hydrogen-bond donors (Lipinski definition) is 2. The molecule has 1 aromatic carbocycles. The van der Waals surface area contributed by atoms with Gasteiger partial charge in [-0.05, 0) is 25.0 Å². The van der Waals surface area contributed by atoms with Gasteiger partial charge in [0.25, 0.3) is 0 Å². The molecule has 0 amide bonds. The number of thiazole rings is 1. The Morgan fingerprint density at radius 2 is 1.89 bits per heavy atom. The van der Waals surface area contributed by atoms with Crippen molar-refractivity contribution < 1.29 is 9.47 Å². The summed E-state index contributed by atoms with van der Waals surface area (Å²) in [6.45, 7) is 7.98. The van der Waals surface area contributed by atoms with Gasteiger partial charge in [-0.15, -0.1) is 35.3 Å². The minimum absolute atomic E-state index is 0. The van der Waals surface area contributed by atoms with E-state index < -0.39 is 0 Å². The lowest BCUT2D eigenvalue weighted by atomic mass is 10.1. The van der Waals surface area contributed by atoms with E-state index in [2.05, 4.69) is 45.7 Å². The molecular formula is C19H29IN4O2S. The summed E-state index contributed by atoms with van der Waals surface area (Å²) < 4.78 is 10.9. The molecular weight excluding hydrogens is 475 g/mol. The molecule has 0 atom stereocenters. The van der Waals surface area contributed by atoms with Crippen molar-refractivity contribution in [2.45, 2.75) is 33.5 Å². The SMILES string of the molecule is CCOCCOCc1cccc(CNC(=NC)NCc2ncc(C)s2)c1.I. The summed E-state index contributed by atoms with van der Waals surface area (Å²) in [5, 5.41) is 7.67. The van der Waals surface area contributed by atoms with E-state index in [4.69, 9.17) is 9.47 Å². The molecule has 1 aromatic heterocycles. The largest absolute Gasteiger partial charge is 0.379 e. The maximum Gasteiger partial charge on any atom is 0.191 e. The maximum atomic E-state index is 5.63. The molecule has 8 heteroatoms. The predicted molar refractivity (Wildman–Crippen MR) is 122 cm³/mol. The zero-order valence-electron chi connectivity index (χ0n) is 16.2. The van der Waals surface area contributed by atoms with Gasteiger partial charge in [0.05, 0.1) is 26.4 Å². The second-order valence-corrected chi connectivity index (χ2v) is 7.03. The van der Waals surface area contributed by atoms with Gasteiger partial charge in [-0.3, -0.25) is 4.99 Å². The fourth-order valence-electron chi connectivity index (χ4n) is 2.33. The van der Waals surface area contributed by atoms with Crippen LogP contribution in [0.1, 0.15) is 27.9 Å². The van der Waals surface area contributed by atoms with Crippen LogP contribution < -0.4 is 10.6 Å². The molecule has 0 saturated heterocycles. The number of hydrogen-bond acceptors (Lipinski definition) is 5. The Morgan fingerprint density at radius 3 is 2.59 bits per heavy atom. The van der Waals surface area contributed by atoms with Crippen LogP contribution in [0.25, 0.3) is 0 Å². The van der Waals surface area contributed by atoms with Crippen LogP contribution in [0.2, 0.25) is 0 Å². The normalized spacial score (nSPS) is 11.1. The summed E-state index contributed by atoms with van der Waals surface area (Å²) in [6.07, 6.45) is 1.89. The summed E-state index contributed by atoms with van der Waals surface area (Å²) in [5.41, 5.74) is 2.34. The number of aromatic nitrogens is 1. The third-order valence-electron chi connectivity index (χ3n) is 3.60. The number of benzene rings is 1. The van der Waals surface area contributed by atoms with E-state index in [1.165, 1.54) is 10.4 Å². The van der Waals surface area contributed by atoms with E-state index in [-0.39, 0.29) is 24.0 Å². The van der Waals surface area contributed by atoms with Gasteiger partial charge in [-0.1, -0.05) is 24.3 Å². The van der Waals surface area contributed by atoms with Crippen LogP contribution >= 0.6 is 35.3 Å². The highest BCUT2D eigenvalue weighted by Gasteiger charge is 2.03. The average molecular weight is 504 g/mol. The zero-order valence-corrected chi connectivity index (χ0v) is 19.3. The molecule has 0 unspecified atom stereocenters. The van der Waals surface area contributed by atoms with Crippen LogP contribution in [-0.4, -0.2) is 37.8 Å². The fourth-order valence-corrected chi connectivity index (χ4v) is 3.06. The first-order valence-corrected chi connectivity index (χ1v) is 9.62. The Morgan fingerprint density at radius 1 is 1.15 bits per heavy atom. The molecule has 0 radical (unpaired) electrons. The zero-order chi connectivity index (χ0) is 18.6. The smallest absolute Gasteiger partial charge is 0.191 e. The first-order chi connectivity index (χ1) is 12.7. The van der Waals surface area contributed by atoms with Gasteiger partial charge in [0, 0.05) is 31.3 Å². The molecule has 0 aliphatic heterocycles. The van der Waals surface area contributed by atoms with E-state index >= 15 is 0 Å². The lowest BCUT2D eigenvalue weighted by Gasteiger charge is -2.12. The van der Waals surface area contributed by atoms with Gasteiger partial charge < -0.3 is 20.1 Å². The quantitative estimate of drug-likeness (QED) is 0.225. The molecule has 2 aromatic rings. The first kappa shape index (κ1) is 23.8. The van der Waals surface area contributed by atoms with E-state index in [0.717, 1.165) is 23.1 Å². The second-order valence-electron chi connectivity index (χ2n) is 5.71. The van der Waals surface area contributed by atoms with Gasteiger partial charge in [-0.25, -0.2) is 4.98 Å². The standard InChI is InChI=1S/C19H28N4O2S.HI/c1-4-24-8-9-25-14-17-7-5-6-16(10-17)12-22-19(20-3)23-13-18-21-11-15(2)26-18;/h5-7,10-11H,4,8-9,12-14H2,1-3H3,(H2,20,22,23);1H. The van der Waals surface area contributed by atoms with Gasteiger partial charge in [0.15, 0.2) is 5.96 Å². The van der Waals surface area contributed by atoms with Crippen LogP contribution in [0.15, 0.2) is 35.5 Å². The van der Waals surface area contributed by atoms with Gasteiger partial charge in [-0.2, -0.15) is 0 Å². The van der Waals surface area contributed by atoms with E-state index in [1.807, 2.05) is 19.2 Å². The van der Waals surface area contributed by atoms with Crippen molar-refractivity contribution in [2.75, 3.05) is 26.9 Å². The summed E-state index contributed by atoms with van der Waals surface area (Å²) in [4.78, 5) is 9.82. The summed E-state index contributed by atoms with van der Waals surface area (Å²) in [7, 11) is 1.77. The number of nitrogens with zero attached hydrogens (tertiary/aromatic N) is 2. The predicted octanol–water partition coefficient (Wildman–Crippen LogP) is 3.49. The first-order valence-electron chi connectivity index (χ1n) is 8.80. The van der Waals surface area contributed by atoms with Crippen molar-refractivity contribution >= 4 is 41.3 Å². The monoisotopic (exact) mass is 504 g/mol. The van der Waals surface area contributed by atoms with E-state index in [0.29, 0.717) is 32.9 Å². The number of aliphatic imine (C=N–C) groups is 1. The Labute approximate surface area is 182 Å². The van der Waals surface area contributed by atoms with Crippen molar-refractivity contribution in [2.24, 2.45) is 4.99 Å². The van der Waals surface area contributed by atoms with E-state index in [9.17, 15) is 0 Å². The van der Waals surface area contributed by atoms with Crippen LogP contribution in [0, 0.1) is 6.92 Å². The number of guanidine groups is 1. The highest BCUT2D eigenvalue weighted by molar-refractivity contribution is 14.0. The number of halogens is 1. The van der Waals surface area contributed by atoms with Gasteiger partial charge in [0.2, 0.25) is 0 Å². The minimum atomic E-state index is 0. The second kappa shape index (κ2) is 13.9. The molecule has 2 rings (SSSR count). The fraction of sp³-hybridized carbons (Fsp3) is 0.474.